The first kappa shape index (κ1) is 24.6. The molecule has 3 rings (SSSR count). The summed E-state index contributed by atoms with van der Waals surface area (Å²) in [5.41, 5.74) is 6.84. The van der Waals surface area contributed by atoms with E-state index in [0.717, 1.165) is 0 Å². The molecule has 1 fully saturated rings. The van der Waals surface area contributed by atoms with E-state index in [4.69, 9.17) is 15.5 Å². The number of hydrogen-bond donors (Lipinski definition) is 4. The van der Waals surface area contributed by atoms with Crippen molar-refractivity contribution in [2.75, 3.05) is 43.6 Å². The van der Waals surface area contributed by atoms with Crippen LogP contribution in [0.25, 0.3) is 11.4 Å². The van der Waals surface area contributed by atoms with Crippen molar-refractivity contribution in [3.63, 3.8) is 0 Å². The smallest absolute Gasteiger partial charge is 0.236 e. The molecule has 0 saturated carbocycles. The van der Waals surface area contributed by atoms with E-state index in [2.05, 4.69) is 20.5 Å². The van der Waals surface area contributed by atoms with Crippen LogP contribution in [0.4, 0.5) is 11.5 Å². The second-order valence-electron chi connectivity index (χ2n) is 7.63. The highest BCUT2D eigenvalue weighted by atomic mass is 32.2. The van der Waals surface area contributed by atoms with Gasteiger partial charge >= 0.3 is 0 Å². The summed E-state index contributed by atoms with van der Waals surface area (Å²) < 4.78 is 27.5. The van der Waals surface area contributed by atoms with Crippen LogP contribution in [-0.2, 0) is 25.4 Å². The van der Waals surface area contributed by atoms with E-state index < -0.39 is 22.2 Å². The van der Waals surface area contributed by atoms with Gasteiger partial charge in [-0.1, -0.05) is 0 Å². The molecule has 2 amide bonds. The molecule has 0 spiro atoms. The van der Waals surface area contributed by atoms with Gasteiger partial charge in [-0.25, -0.2) is 14.2 Å². The minimum Gasteiger partial charge on any atom is -0.377 e. The van der Waals surface area contributed by atoms with Gasteiger partial charge in [-0.15, -0.1) is 0 Å². The van der Waals surface area contributed by atoms with Crippen molar-refractivity contribution >= 4 is 34.4 Å². The predicted molar refractivity (Wildman–Crippen MR) is 125 cm³/mol. The zero-order valence-corrected chi connectivity index (χ0v) is 19.3. The summed E-state index contributed by atoms with van der Waals surface area (Å²) in [4.78, 5) is 34.3. The predicted octanol–water partition coefficient (Wildman–Crippen LogP) is 0.665. The third-order valence-corrected chi connectivity index (χ3v) is 6.12. The molecule has 5 N–H and O–H groups in total. The molecule has 2 unspecified atom stereocenters. The monoisotopic (exact) mass is 476 g/mol. The number of morpholine rings is 1. The Balaban J connectivity index is 2.02. The number of nitrogens with two attached hydrogens (primary N) is 1. The average molecular weight is 477 g/mol. The SMILES string of the molecule is CNC(=O)CC(c1cc(N2CCOC[C@@H]2C)nc(-c2ccc(NCC(N)=O)cc2)n1)S(=O)O. The van der Waals surface area contributed by atoms with Gasteiger partial charge in [0.15, 0.2) is 16.9 Å². The number of benzene rings is 1. The molecular formula is C21H28N6O5S. The molecule has 1 saturated heterocycles. The molecule has 0 bridgehead atoms. The summed E-state index contributed by atoms with van der Waals surface area (Å²) in [7, 11) is 1.47. The number of aromatic nitrogens is 2. The van der Waals surface area contributed by atoms with Gasteiger partial charge in [-0.3, -0.25) is 9.59 Å². The maximum atomic E-state index is 12.1. The zero-order chi connectivity index (χ0) is 24.0. The van der Waals surface area contributed by atoms with E-state index in [1.54, 1.807) is 30.3 Å². The van der Waals surface area contributed by atoms with Gasteiger partial charge in [0.2, 0.25) is 11.8 Å². The maximum absolute atomic E-state index is 12.1. The minimum atomic E-state index is -2.32. The van der Waals surface area contributed by atoms with Gasteiger partial charge < -0.3 is 30.6 Å². The van der Waals surface area contributed by atoms with Crippen molar-refractivity contribution in [3.8, 4) is 11.4 Å². The van der Waals surface area contributed by atoms with Crippen molar-refractivity contribution in [3.05, 3.63) is 36.0 Å². The normalized spacial score (nSPS) is 17.8. The van der Waals surface area contributed by atoms with E-state index in [0.29, 0.717) is 48.3 Å². The highest BCUT2D eigenvalue weighted by Crippen LogP contribution is 2.29. The summed E-state index contributed by atoms with van der Waals surface area (Å²) in [5.74, 6) is 0.108. The van der Waals surface area contributed by atoms with Crippen molar-refractivity contribution in [1.29, 1.82) is 0 Å². The van der Waals surface area contributed by atoms with E-state index in [9.17, 15) is 18.4 Å². The van der Waals surface area contributed by atoms with Crippen LogP contribution in [0, 0.1) is 0 Å². The molecule has 33 heavy (non-hydrogen) atoms. The summed E-state index contributed by atoms with van der Waals surface area (Å²) in [5, 5.41) is 4.38. The molecule has 3 atom stereocenters. The highest BCUT2D eigenvalue weighted by molar-refractivity contribution is 7.79. The van der Waals surface area contributed by atoms with Crippen LogP contribution in [0.15, 0.2) is 30.3 Å². The number of amides is 2. The number of ether oxygens (including phenoxy) is 1. The van der Waals surface area contributed by atoms with E-state index >= 15 is 0 Å². The fourth-order valence-corrected chi connectivity index (χ4v) is 4.06. The fourth-order valence-electron chi connectivity index (χ4n) is 3.44. The maximum Gasteiger partial charge on any atom is 0.236 e. The van der Waals surface area contributed by atoms with Gasteiger partial charge in [-0.05, 0) is 31.2 Å². The molecule has 2 aromatic rings. The Morgan fingerprint density at radius 2 is 2.06 bits per heavy atom. The number of nitrogens with zero attached hydrogens (tertiary/aromatic N) is 3. The second kappa shape index (κ2) is 11.2. The third-order valence-electron chi connectivity index (χ3n) is 5.23. The van der Waals surface area contributed by atoms with Crippen molar-refractivity contribution in [2.24, 2.45) is 5.73 Å². The van der Waals surface area contributed by atoms with Gasteiger partial charge in [0.25, 0.3) is 0 Å². The van der Waals surface area contributed by atoms with Gasteiger partial charge in [0.05, 0.1) is 31.5 Å². The van der Waals surface area contributed by atoms with Crippen molar-refractivity contribution in [1.82, 2.24) is 15.3 Å². The number of hydrogen-bond acceptors (Lipinski definition) is 8. The lowest BCUT2D eigenvalue weighted by Gasteiger charge is -2.34. The van der Waals surface area contributed by atoms with E-state index in [1.807, 2.05) is 6.92 Å². The number of rotatable bonds is 9. The fraction of sp³-hybridized carbons (Fsp3) is 0.429. The van der Waals surface area contributed by atoms with E-state index in [-0.39, 0.29) is 24.9 Å². The Morgan fingerprint density at radius 1 is 1.33 bits per heavy atom. The van der Waals surface area contributed by atoms with Crippen LogP contribution in [-0.4, -0.2) is 69.9 Å². The molecule has 1 aromatic carbocycles. The number of nitrogens with one attached hydrogen (secondary N) is 2. The highest BCUT2D eigenvalue weighted by Gasteiger charge is 2.27. The summed E-state index contributed by atoms with van der Waals surface area (Å²) in [6.45, 7) is 3.69. The quantitative estimate of drug-likeness (QED) is 0.381. The van der Waals surface area contributed by atoms with Crippen LogP contribution in [0.3, 0.4) is 0 Å². The van der Waals surface area contributed by atoms with Crippen LogP contribution < -0.4 is 21.3 Å². The standard InChI is InChI=1S/C21H28N6O5S/c1-13-12-32-8-7-27(13)19-9-16(17(33(30)31)10-20(29)23-2)25-21(26-19)14-3-5-15(6-4-14)24-11-18(22)28/h3-6,9,13,17,24H,7-8,10-12H2,1-2H3,(H2,22,28)(H,23,29)(H,30,31)/t13-,17?/m0/s1. The topological polar surface area (TPSA) is 160 Å². The lowest BCUT2D eigenvalue weighted by atomic mass is 10.1. The van der Waals surface area contributed by atoms with Gasteiger partial charge in [0.1, 0.15) is 11.1 Å². The van der Waals surface area contributed by atoms with Gasteiger partial charge in [0, 0.05) is 37.3 Å². The molecule has 0 aliphatic carbocycles. The molecule has 178 valence electrons. The van der Waals surface area contributed by atoms with Crippen LogP contribution in [0.5, 0.6) is 0 Å². The van der Waals surface area contributed by atoms with Crippen LogP contribution in [0.1, 0.15) is 24.3 Å². The number of primary amides is 1. The number of carbonyl (C=O) groups excluding carboxylic acids is 2. The first-order chi connectivity index (χ1) is 15.8. The Kier molecular flexibility index (Phi) is 8.31. The molecule has 2 heterocycles. The lowest BCUT2D eigenvalue weighted by molar-refractivity contribution is -0.120. The molecule has 12 heteroatoms. The van der Waals surface area contributed by atoms with Crippen LogP contribution >= 0.6 is 0 Å². The first-order valence-electron chi connectivity index (χ1n) is 10.4. The molecular weight excluding hydrogens is 448 g/mol. The Morgan fingerprint density at radius 3 is 2.67 bits per heavy atom. The Labute approximate surface area is 194 Å². The molecule has 0 radical (unpaired) electrons. The zero-order valence-electron chi connectivity index (χ0n) is 18.5. The molecule has 1 aliphatic rings. The Bertz CT molecular complexity index is 1020. The van der Waals surface area contributed by atoms with E-state index in [1.165, 1.54) is 7.05 Å². The third kappa shape index (κ3) is 6.46. The average Bonchev–Trinajstić information content (AvgIpc) is 2.81. The number of carbonyl (C=O) groups is 2. The minimum absolute atomic E-state index is 0.00782. The first-order valence-corrected chi connectivity index (χ1v) is 11.6. The number of anilines is 2. The summed E-state index contributed by atoms with van der Waals surface area (Å²) in [6.07, 6.45) is -0.190. The second-order valence-corrected chi connectivity index (χ2v) is 8.75. The van der Waals surface area contributed by atoms with Crippen molar-refractivity contribution in [2.45, 2.75) is 24.6 Å². The molecule has 1 aromatic heterocycles. The molecule has 1 aliphatic heterocycles. The Hall–Kier alpha value is -3.09. The summed E-state index contributed by atoms with van der Waals surface area (Å²) >= 11 is -2.32. The summed E-state index contributed by atoms with van der Waals surface area (Å²) in [6, 6.07) is 8.79. The molecule has 11 nitrogen and oxygen atoms in total. The van der Waals surface area contributed by atoms with Crippen molar-refractivity contribution < 1.29 is 23.1 Å². The lowest BCUT2D eigenvalue weighted by Crippen LogP contribution is -2.44. The van der Waals surface area contributed by atoms with Gasteiger partial charge in [-0.2, -0.15) is 0 Å². The largest absolute Gasteiger partial charge is 0.377 e. The van der Waals surface area contributed by atoms with Crippen LogP contribution in [0.2, 0.25) is 0 Å².